The Kier molecular flexibility index (Phi) is 3.25. The molecular weight excluding hydrogens is 254 g/mol. The summed E-state index contributed by atoms with van der Waals surface area (Å²) in [4.78, 5) is 29.4. The van der Waals surface area contributed by atoms with E-state index in [0.29, 0.717) is 28.7 Å². The Bertz CT molecular complexity index is 500. The van der Waals surface area contributed by atoms with Gasteiger partial charge in [0, 0.05) is 12.6 Å². The van der Waals surface area contributed by atoms with Crippen LogP contribution in [0.25, 0.3) is 0 Å². The third kappa shape index (κ3) is 2.05. The maximum absolute atomic E-state index is 12.3. The summed E-state index contributed by atoms with van der Waals surface area (Å²) >= 11 is 1.15. The summed E-state index contributed by atoms with van der Waals surface area (Å²) in [5, 5.41) is 9.40. The number of carboxylic acids is 1. The number of anilines is 1. The van der Waals surface area contributed by atoms with Gasteiger partial charge in [0.05, 0.1) is 11.6 Å². The maximum Gasteiger partial charge on any atom is 0.308 e. The molecule has 1 aliphatic heterocycles. The lowest BCUT2D eigenvalue weighted by Gasteiger charge is -2.22. The van der Waals surface area contributed by atoms with Crippen molar-refractivity contribution in [3.63, 3.8) is 0 Å². The first-order chi connectivity index (χ1) is 8.41. The fraction of sp³-hybridized carbons (Fsp3) is 0.545. The lowest BCUT2D eigenvalue weighted by Crippen LogP contribution is -2.37. The molecule has 1 aromatic heterocycles. The van der Waals surface area contributed by atoms with Gasteiger partial charge in [0.25, 0.3) is 5.91 Å². The summed E-state index contributed by atoms with van der Waals surface area (Å²) in [7, 11) is 0. The van der Waals surface area contributed by atoms with E-state index in [-0.39, 0.29) is 11.9 Å². The third-order valence-electron chi connectivity index (χ3n) is 3.34. The van der Waals surface area contributed by atoms with E-state index in [1.54, 1.807) is 18.7 Å². The summed E-state index contributed by atoms with van der Waals surface area (Å²) in [6.07, 6.45) is 0.496. The summed E-state index contributed by atoms with van der Waals surface area (Å²) in [5.74, 6) is -1.50. The number of nitrogens with zero attached hydrogens (tertiary/aromatic N) is 2. The van der Waals surface area contributed by atoms with Crippen LogP contribution >= 0.6 is 11.3 Å². The largest absolute Gasteiger partial charge is 0.481 e. The summed E-state index contributed by atoms with van der Waals surface area (Å²) in [6.45, 7) is 3.97. The van der Waals surface area contributed by atoms with Crippen molar-refractivity contribution in [3.8, 4) is 0 Å². The van der Waals surface area contributed by atoms with Crippen LogP contribution in [0.15, 0.2) is 0 Å². The minimum Gasteiger partial charge on any atom is -0.481 e. The first kappa shape index (κ1) is 12.8. The summed E-state index contributed by atoms with van der Waals surface area (Å²) in [5.41, 5.74) is 6.17. The zero-order chi connectivity index (χ0) is 13.4. The number of carbonyl (C=O) groups is 2. The minimum atomic E-state index is -0.849. The van der Waals surface area contributed by atoms with Gasteiger partial charge in [0.1, 0.15) is 4.88 Å². The molecule has 2 heterocycles. The Morgan fingerprint density at radius 3 is 2.67 bits per heavy atom. The van der Waals surface area contributed by atoms with Gasteiger partial charge >= 0.3 is 5.97 Å². The Morgan fingerprint density at radius 2 is 2.22 bits per heavy atom. The molecule has 98 valence electrons. The van der Waals surface area contributed by atoms with Crippen molar-refractivity contribution in [3.05, 3.63) is 10.6 Å². The SMILES string of the molecule is Cc1nc(N)sc1C(=O)N1CCC(C(=O)O)C1C. The first-order valence-corrected chi connectivity index (χ1v) is 6.50. The molecule has 0 saturated carbocycles. The number of carbonyl (C=O) groups excluding carboxylic acids is 1. The van der Waals surface area contributed by atoms with Gasteiger partial charge in [-0.05, 0) is 20.3 Å². The Morgan fingerprint density at radius 1 is 1.56 bits per heavy atom. The second-order valence-corrected chi connectivity index (χ2v) is 5.47. The lowest BCUT2D eigenvalue weighted by molar-refractivity contribution is -0.142. The molecule has 0 bridgehead atoms. The fourth-order valence-electron chi connectivity index (χ4n) is 2.30. The van der Waals surface area contributed by atoms with E-state index in [1.807, 2.05) is 0 Å². The zero-order valence-electron chi connectivity index (χ0n) is 10.2. The molecule has 18 heavy (non-hydrogen) atoms. The molecule has 0 aromatic carbocycles. The molecule has 1 aliphatic rings. The first-order valence-electron chi connectivity index (χ1n) is 5.68. The monoisotopic (exact) mass is 269 g/mol. The number of amides is 1. The van der Waals surface area contributed by atoms with E-state index in [2.05, 4.69) is 4.98 Å². The van der Waals surface area contributed by atoms with Crippen LogP contribution in [0, 0.1) is 12.8 Å². The molecule has 1 aromatic rings. The van der Waals surface area contributed by atoms with Crippen molar-refractivity contribution in [1.82, 2.24) is 9.88 Å². The summed E-state index contributed by atoms with van der Waals surface area (Å²) in [6, 6.07) is -0.294. The Hall–Kier alpha value is -1.63. The van der Waals surface area contributed by atoms with E-state index < -0.39 is 11.9 Å². The van der Waals surface area contributed by atoms with Gasteiger partial charge in [0.15, 0.2) is 5.13 Å². The maximum atomic E-state index is 12.3. The zero-order valence-corrected chi connectivity index (χ0v) is 11.0. The van der Waals surface area contributed by atoms with E-state index in [0.717, 1.165) is 11.3 Å². The number of hydrogen-bond acceptors (Lipinski definition) is 5. The molecule has 2 rings (SSSR count). The Labute approximate surface area is 108 Å². The second-order valence-electron chi connectivity index (χ2n) is 4.44. The van der Waals surface area contributed by atoms with E-state index in [1.165, 1.54) is 0 Å². The average molecular weight is 269 g/mol. The number of thiazole rings is 1. The minimum absolute atomic E-state index is 0.169. The number of likely N-dealkylation sites (tertiary alicyclic amines) is 1. The number of nitrogens with two attached hydrogens (primary N) is 1. The van der Waals surface area contributed by atoms with Crippen LogP contribution in [-0.2, 0) is 4.79 Å². The predicted molar refractivity (Wildman–Crippen MR) is 67.5 cm³/mol. The molecule has 0 aliphatic carbocycles. The van der Waals surface area contributed by atoms with Gasteiger partial charge in [-0.1, -0.05) is 11.3 Å². The van der Waals surface area contributed by atoms with Gasteiger partial charge in [-0.2, -0.15) is 0 Å². The van der Waals surface area contributed by atoms with Gasteiger partial charge in [-0.25, -0.2) is 4.98 Å². The van der Waals surface area contributed by atoms with Crippen LogP contribution in [0.5, 0.6) is 0 Å². The van der Waals surface area contributed by atoms with E-state index in [9.17, 15) is 9.59 Å². The highest BCUT2D eigenvalue weighted by Gasteiger charge is 2.39. The smallest absolute Gasteiger partial charge is 0.308 e. The van der Waals surface area contributed by atoms with Crippen LogP contribution in [0.1, 0.15) is 28.7 Å². The molecule has 6 nitrogen and oxygen atoms in total. The van der Waals surface area contributed by atoms with Crippen LogP contribution in [0.4, 0.5) is 5.13 Å². The van der Waals surface area contributed by atoms with Crippen molar-refractivity contribution >= 4 is 28.3 Å². The van der Waals surface area contributed by atoms with Crippen LogP contribution < -0.4 is 5.73 Å². The molecule has 0 radical (unpaired) electrons. The molecule has 2 unspecified atom stereocenters. The number of hydrogen-bond donors (Lipinski definition) is 2. The van der Waals surface area contributed by atoms with Crippen LogP contribution in [0.3, 0.4) is 0 Å². The molecule has 1 fully saturated rings. The second kappa shape index (κ2) is 4.56. The highest BCUT2D eigenvalue weighted by atomic mass is 32.1. The molecule has 1 amide bonds. The van der Waals surface area contributed by atoms with Crippen molar-refractivity contribution in [1.29, 1.82) is 0 Å². The molecule has 1 saturated heterocycles. The number of carboxylic acid groups (broad SMARTS) is 1. The standard InChI is InChI=1S/C11H15N3O3S/c1-5-8(18-11(12)13-5)9(15)14-4-3-7(6(14)2)10(16)17/h6-7H,3-4H2,1-2H3,(H2,12,13)(H,16,17). The number of rotatable bonds is 2. The Balaban J connectivity index is 2.21. The normalized spacial score (nSPS) is 23.3. The van der Waals surface area contributed by atoms with Gasteiger partial charge in [0.2, 0.25) is 0 Å². The lowest BCUT2D eigenvalue weighted by atomic mass is 10.0. The van der Waals surface area contributed by atoms with Crippen molar-refractivity contribution < 1.29 is 14.7 Å². The van der Waals surface area contributed by atoms with Crippen molar-refractivity contribution in [2.45, 2.75) is 26.3 Å². The summed E-state index contributed by atoms with van der Waals surface area (Å²) < 4.78 is 0. The molecule has 3 N–H and O–H groups in total. The fourth-order valence-corrected chi connectivity index (χ4v) is 3.09. The van der Waals surface area contributed by atoms with Gasteiger partial charge in [-0.15, -0.1) is 0 Å². The molecule has 2 atom stereocenters. The molecule has 0 spiro atoms. The highest BCUT2D eigenvalue weighted by Crippen LogP contribution is 2.29. The van der Waals surface area contributed by atoms with Gasteiger partial charge < -0.3 is 15.7 Å². The average Bonchev–Trinajstić information content (AvgIpc) is 2.81. The van der Waals surface area contributed by atoms with Crippen molar-refractivity contribution in [2.24, 2.45) is 5.92 Å². The van der Waals surface area contributed by atoms with E-state index >= 15 is 0 Å². The molecule has 7 heteroatoms. The third-order valence-corrected chi connectivity index (χ3v) is 4.31. The van der Waals surface area contributed by atoms with Gasteiger partial charge in [-0.3, -0.25) is 9.59 Å². The number of nitrogen functional groups attached to an aromatic ring is 1. The number of aromatic nitrogens is 1. The topological polar surface area (TPSA) is 96.5 Å². The predicted octanol–water partition coefficient (Wildman–Crippen LogP) is 0.969. The highest BCUT2D eigenvalue weighted by molar-refractivity contribution is 7.17. The van der Waals surface area contributed by atoms with Crippen LogP contribution in [0.2, 0.25) is 0 Å². The van der Waals surface area contributed by atoms with Crippen LogP contribution in [-0.4, -0.2) is 39.5 Å². The quantitative estimate of drug-likeness (QED) is 0.833. The van der Waals surface area contributed by atoms with Crippen molar-refractivity contribution in [2.75, 3.05) is 12.3 Å². The number of aryl methyl sites for hydroxylation is 1. The van der Waals surface area contributed by atoms with E-state index in [4.69, 9.17) is 10.8 Å². The molecular formula is C11H15N3O3S. The number of aliphatic carboxylic acids is 1.